The van der Waals surface area contributed by atoms with Crippen LogP contribution in [0.2, 0.25) is 0 Å². The first-order chi connectivity index (χ1) is 12.3. The summed E-state index contributed by atoms with van der Waals surface area (Å²) in [4.78, 5) is 19.7. The van der Waals surface area contributed by atoms with Crippen molar-refractivity contribution in [2.45, 2.75) is 18.1 Å². The number of rotatable bonds is 5. The van der Waals surface area contributed by atoms with E-state index in [0.717, 1.165) is 11.1 Å². The molecule has 1 aliphatic carbocycles. The van der Waals surface area contributed by atoms with Crippen molar-refractivity contribution in [2.75, 3.05) is 0 Å². The molecule has 0 radical (unpaired) electrons. The molecule has 4 N–H and O–H groups in total. The Morgan fingerprint density at radius 3 is 1.88 bits per heavy atom. The molecule has 2 aromatic rings. The highest BCUT2D eigenvalue weighted by Crippen LogP contribution is 2.58. The number of hydrogen-bond donors (Lipinski definition) is 3. The minimum atomic E-state index is -4.63. The maximum Gasteiger partial charge on any atom is 0.343 e. The van der Waals surface area contributed by atoms with E-state index in [-0.39, 0.29) is 6.42 Å². The Kier molecular flexibility index (Phi) is 5.26. The third kappa shape index (κ3) is 3.57. The molecule has 0 saturated heterocycles. The van der Waals surface area contributed by atoms with Gasteiger partial charge in [-0.15, -0.1) is 0 Å². The third-order valence-electron chi connectivity index (χ3n) is 4.92. The molecule has 3 rings (SSSR count). The summed E-state index contributed by atoms with van der Waals surface area (Å²) in [6.07, 6.45) is 4.21. The average Bonchev–Trinajstić information content (AvgIpc) is 2.64. The van der Waals surface area contributed by atoms with Gasteiger partial charge in [-0.25, -0.2) is 4.39 Å². The minimum Gasteiger partial charge on any atom is -0.323 e. The van der Waals surface area contributed by atoms with E-state index in [0.29, 0.717) is 0 Å². The lowest BCUT2D eigenvalue weighted by Gasteiger charge is -2.44. The maximum absolute atomic E-state index is 13.7. The fourth-order valence-electron chi connectivity index (χ4n) is 3.67. The van der Waals surface area contributed by atoms with Crippen LogP contribution in [0, 0.1) is 5.41 Å². The summed E-state index contributed by atoms with van der Waals surface area (Å²) in [5, 5.41) is 0. The van der Waals surface area contributed by atoms with Crippen molar-refractivity contribution in [3.05, 3.63) is 95.8 Å². The minimum absolute atomic E-state index is 0.0933. The molecular formula is C20H21FNO3P. The smallest absolute Gasteiger partial charge is 0.323 e. The Labute approximate surface area is 152 Å². The van der Waals surface area contributed by atoms with E-state index in [1.165, 1.54) is 18.2 Å². The van der Waals surface area contributed by atoms with E-state index in [1.807, 2.05) is 60.7 Å². The van der Waals surface area contributed by atoms with Crippen LogP contribution >= 0.6 is 7.60 Å². The normalized spacial score (nSPS) is 21.5. The van der Waals surface area contributed by atoms with Crippen LogP contribution in [-0.2, 0) is 4.57 Å². The predicted molar refractivity (Wildman–Crippen MR) is 100 cm³/mol. The van der Waals surface area contributed by atoms with Crippen LogP contribution in [0.4, 0.5) is 4.39 Å². The molecule has 6 heteroatoms. The van der Waals surface area contributed by atoms with Crippen LogP contribution in [0.3, 0.4) is 0 Å². The molecule has 2 atom stereocenters. The lowest BCUT2D eigenvalue weighted by atomic mass is 9.65. The molecule has 0 amide bonds. The Balaban J connectivity index is 2.24. The molecule has 26 heavy (non-hydrogen) atoms. The van der Waals surface area contributed by atoms with Gasteiger partial charge in [0.25, 0.3) is 0 Å². The summed E-state index contributed by atoms with van der Waals surface area (Å²) in [5.41, 5.74) is 6.69. The van der Waals surface area contributed by atoms with Gasteiger partial charge in [0, 0.05) is 11.3 Å². The first-order valence-electron chi connectivity index (χ1n) is 8.30. The van der Waals surface area contributed by atoms with E-state index >= 15 is 0 Å². The van der Waals surface area contributed by atoms with Gasteiger partial charge in [0.05, 0.1) is 0 Å². The topological polar surface area (TPSA) is 83.6 Å². The molecule has 0 saturated carbocycles. The van der Waals surface area contributed by atoms with Crippen LogP contribution in [0.1, 0.15) is 23.5 Å². The summed E-state index contributed by atoms with van der Waals surface area (Å²) in [5.74, 6) is -2.34. The number of nitrogens with two attached hydrogens (primary N) is 1. The Hall–Kier alpha value is -2.04. The standard InChI is InChI=1S/C20H21FNO3P/c21-17-11-13-20(14-12-17,19(22)26(23,24)25)18(15-7-3-1-4-8-15)16-9-5-2-6-10-16/h1-13,18-19H,14,22H2,(H2,23,24,25)/t19-,20?/m1/s1. The number of benzene rings is 2. The van der Waals surface area contributed by atoms with E-state index in [9.17, 15) is 18.7 Å². The lowest BCUT2D eigenvalue weighted by Crippen LogP contribution is -2.45. The van der Waals surface area contributed by atoms with Gasteiger partial charge in [-0.05, 0) is 29.7 Å². The molecule has 0 fully saturated rings. The molecule has 0 spiro atoms. The first kappa shape index (κ1) is 18.7. The van der Waals surface area contributed by atoms with Crippen molar-refractivity contribution < 1.29 is 18.7 Å². The molecule has 0 aliphatic heterocycles. The van der Waals surface area contributed by atoms with Crippen LogP contribution in [0.15, 0.2) is 84.7 Å². The summed E-state index contributed by atoms with van der Waals surface area (Å²) in [6.45, 7) is 0. The van der Waals surface area contributed by atoms with Gasteiger partial charge in [-0.1, -0.05) is 66.7 Å². The fraction of sp³-hybridized carbons (Fsp3) is 0.200. The number of halogens is 1. The number of allylic oxidation sites excluding steroid dienone is 3. The van der Waals surface area contributed by atoms with Gasteiger partial charge in [-0.3, -0.25) is 4.57 Å². The van der Waals surface area contributed by atoms with Crippen molar-refractivity contribution in [1.82, 2.24) is 0 Å². The zero-order chi connectivity index (χ0) is 18.8. The Morgan fingerprint density at radius 1 is 1.00 bits per heavy atom. The van der Waals surface area contributed by atoms with Crippen LogP contribution in [0.5, 0.6) is 0 Å². The van der Waals surface area contributed by atoms with Gasteiger partial charge >= 0.3 is 7.60 Å². The SMILES string of the molecule is N[C@@H](C1(C(c2ccccc2)c2ccccc2)C=CC(F)=CC1)P(=O)(O)O. The summed E-state index contributed by atoms with van der Waals surface area (Å²) >= 11 is 0. The zero-order valence-electron chi connectivity index (χ0n) is 14.1. The summed E-state index contributed by atoms with van der Waals surface area (Å²) in [7, 11) is -4.63. The molecule has 0 bridgehead atoms. The van der Waals surface area contributed by atoms with Crippen molar-refractivity contribution in [3.8, 4) is 0 Å². The Morgan fingerprint density at radius 2 is 1.50 bits per heavy atom. The fourth-order valence-corrected chi connectivity index (χ4v) is 4.63. The van der Waals surface area contributed by atoms with Crippen LogP contribution < -0.4 is 5.73 Å². The van der Waals surface area contributed by atoms with E-state index in [2.05, 4.69) is 0 Å². The second-order valence-electron chi connectivity index (χ2n) is 6.53. The van der Waals surface area contributed by atoms with Crippen molar-refractivity contribution in [2.24, 2.45) is 11.1 Å². The second kappa shape index (κ2) is 7.29. The van der Waals surface area contributed by atoms with Gasteiger partial charge in [0.15, 0.2) is 0 Å². The Bertz CT molecular complexity index is 824. The highest BCUT2D eigenvalue weighted by Gasteiger charge is 2.50. The van der Waals surface area contributed by atoms with Gasteiger partial charge < -0.3 is 15.5 Å². The number of hydrogen-bond acceptors (Lipinski definition) is 2. The zero-order valence-corrected chi connectivity index (χ0v) is 15.0. The van der Waals surface area contributed by atoms with Gasteiger partial charge in [0.2, 0.25) is 0 Å². The molecule has 136 valence electrons. The molecule has 0 aromatic heterocycles. The van der Waals surface area contributed by atoms with Gasteiger partial charge in [-0.2, -0.15) is 0 Å². The van der Waals surface area contributed by atoms with Gasteiger partial charge in [0.1, 0.15) is 11.6 Å². The van der Waals surface area contributed by atoms with Crippen molar-refractivity contribution in [3.63, 3.8) is 0 Å². The molecule has 0 heterocycles. The molecule has 4 nitrogen and oxygen atoms in total. The largest absolute Gasteiger partial charge is 0.343 e. The summed E-state index contributed by atoms with van der Waals surface area (Å²) < 4.78 is 25.8. The van der Waals surface area contributed by atoms with E-state index in [1.54, 1.807) is 0 Å². The first-order valence-corrected chi connectivity index (χ1v) is 9.98. The van der Waals surface area contributed by atoms with Crippen molar-refractivity contribution in [1.29, 1.82) is 0 Å². The summed E-state index contributed by atoms with van der Waals surface area (Å²) in [6, 6.07) is 18.8. The average molecular weight is 373 g/mol. The van der Waals surface area contributed by atoms with Crippen LogP contribution in [-0.4, -0.2) is 15.6 Å². The molecule has 2 aromatic carbocycles. The van der Waals surface area contributed by atoms with Crippen molar-refractivity contribution >= 4 is 7.60 Å². The lowest BCUT2D eigenvalue weighted by molar-refractivity contribution is 0.262. The quantitative estimate of drug-likeness (QED) is 0.690. The third-order valence-corrected chi connectivity index (χ3v) is 6.13. The second-order valence-corrected chi connectivity index (χ2v) is 8.26. The van der Waals surface area contributed by atoms with E-state index < -0.39 is 30.5 Å². The van der Waals surface area contributed by atoms with Crippen LogP contribution in [0.25, 0.3) is 0 Å². The molecule has 1 aliphatic rings. The highest BCUT2D eigenvalue weighted by atomic mass is 31.2. The highest BCUT2D eigenvalue weighted by molar-refractivity contribution is 7.52. The predicted octanol–water partition coefficient (Wildman–Crippen LogP) is 4.08. The monoisotopic (exact) mass is 373 g/mol. The maximum atomic E-state index is 13.7. The molecule has 1 unspecified atom stereocenters. The molecular weight excluding hydrogens is 352 g/mol. The van der Waals surface area contributed by atoms with E-state index in [4.69, 9.17) is 5.73 Å².